The summed E-state index contributed by atoms with van der Waals surface area (Å²) in [6.45, 7) is 6.10. The first kappa shape index (κ1) is 16.6. The number of halogens is 3. The quantitative estimate of drug-likeness (QED) is 0.575. The van der Waals surface area contributed by atoms with Gasteiger partial charge in [0.1, 0.15) is 5.82 Å². The molecule has 0 fully saturated rings. The summed E-state index contributed by atoms with van der Waals surface area (Å²) in [7, 11) is 0. The van der Waals surface area contributed by atoms with Crippen molar-refractivity contribution in [1.29, 1.82) is 0 Å². The Morgan fingerprint density at radius 2 is 1.88 bits per heavy atom. The SMILES string of the molecule is CCC(C)n1c(-c2cccc(C)c2)nc2cc(C(F)(F)F)ccc21. The van der Waals surface area contributed by atoms with E-state index in [0.29, 0.717) is 11.3 Å². The molecule has 2 nitrogen and oxygen atoms in total. The van der Waals surface area contributed by atoms with Crippen molar-refractivity contribution in [2.24, 2.45) is 0 Å². The maximum Gasteiger partial charge on any atom is 0.416 e. The number of alkyl halides is 3. The Morgan fingerprint density at radius 1 is 1.12 bits per heavy atom. The molecule has 0 aliphatic carbocycles. The summed E-state index contributed by atoms with van der Waals surface area (Å²) in [6.07, 6.45) is -3.50. The maximum atomic E-state index is 13.0. The highest BCUT2D eigenvalue weighted by Gasteiger charge is 2.31. The fraction of sp³-hybridized carbons (Fsp3) is 0.316. The molecule has 0 aliphatic rings. The number of imidazole rings is 1. The van der Waals surface area contributed by atoms with E-state index in [1.54, 1.807) is 0 Å². The third-order valence-electron chi connectivity index (χ3n) is 4.32. The molecule has 24 heavy (non-hydrogen) atoms. The van der Waals surface area contributed by atoms with Crippen LogP contribution < -0.4 is 0 Å². The molecule has 3 rings (SSSR count). The lowest BCUT2D eigenvalue weighted by Crippen LogP contribution is -2.07. The van der Waals surface area contributed by atoms with Crippen molar-refractivity contribution >= 4 is 11.0 Å². The zero-order chi connectivity index (χ0) is 17.5. The number of aromatic nitrogens is 2. The van der Waals surface area contributed by atoms with Crippen molar-refractivity contribution in [3.8, 4) is 11.4 Å². The van der Waals surface area contributed by atoms with E-state index in [2.05, 4.69) is 18.8 Å². The summed E-state index contributed by atoms with van der Waals surface area (Å²) in [5.74, 6) is 0.711. The van der Waals surface area contributed by atoms with Crippen LogP contribution in [0, 0.1) is 6.92 Å². The van der Waals surface area contributed by atoms with Crippen LogP contribution >= 0.6 is 0 Å². The first-order chi connectivity index (χ1) is 11.3. The van der Waals surface area contributed by atoms with Gasteiger partial charge in [0.05, 0.1) is 16.6 Å². The van der Waals surface area contributed by atoms with Crippen LogP contribution in [-0.2, 0) is 6.18 Å². The fourth-order valence-corrected chi connectivity index (χ4v) is 2.89. The Labute approximate surface area is 138 Å². The minimum absolute atomic E-state index is 0.141. The zero-order valence-electron chi connectivity index (χ0n) is 13.9. The van der Waals surface area contributed by atoms with E-state index in [9.17, 15) is 13.2 Å². The number of hydrogen-bond acceptors (Lipinski definition) is 1. The third-order valence-corrected chi connectivity index (χ3v) is 4.32. The monoisotopic (exact) mass is 332 g/mol. The summed E-state index contributed by atoms with van der Waals surface area (Å²) in [5.41, 5.74) is 2.45. The first-order valence-electron chi connectivity index (χ1n) is 7.97. The lowest BCUT2D eigenvalue weighted by atomic mass is 10.1. The highest BCUT2D eigenvalue weighted by molar-refractivity contribution is 5.81. The first-order valence-corrected chi connectivity index (χ1v) is 7.97. The summed E-state index contributed by atoms with van der Waals surface area (Å²) in [5, 5.41) is 0. The molecule has 0 spiro atoms. The van der Waals surface area contributed by atoms with Crippen molar-refractivity contribution < 1.29 is 13.2 Å². The van der Waals surface area contributed by atoms with E-state index in [-0.39, 0.29) is 6.04 Å². The predicted octanol–water partition coefficient (Wildman–Crippen LogP) is 6.00. The topological polar surface area (TPSA) is 17.8 Å². The van der Waals surface area contributed by atoms with Crippen LogP contribution in [0.25, 0.3) is 22.4 Å². The minimum Gasteiger partial charge on any atom is -0.321 e. The average Bonchev–Trinajstić information content (AvgIpc) is 2.92. The average molecular weight is 332 g/mol. The van der Waals surface area contributed by atoms with Gasteiger partial charge in [0.25, 0.3) is 0 Å². The van der Waals surface area contributed by atoms with Crippen LogP contribution in [0.1, 0.15) is 37.4 Å². The Morgan fingerprint density at radius 3 is 2.50 bits per heavy atom. The van der Waals surface area contributed by atoms with Crippen LogP contribution in [-0.4, -0.2) is 9.55 Å². The molecular formula is C19H19F3N2. The molecule has 1 aromatic heterocycles. The van der Waals surface area contributed by atoms with E-state index in [1.807, 2.05) is 35.8 Å². The van der Waals surface area contributed by atoms with Crippen LogP contribution in [0.3, 0.4) is 0 Å². The van der Waals surface area contributed by atoms with Gasteiger partial charge >= 0.3 is 6.18 Å². The molecule has 0 N–H and O–H groups in total. The zero-order valence-corrected chi connectivity index (χ0v) is 13.9. The number of hydrogen-bond donors (Lipinski definition) is 0. The van der Waals surface area contributed by atoms with Crippen LogP contribution in [0.4, 0.5) is 13.2 Å². The molecule has 3 aromatic rings. The van der Waals surface area contributed by atoms with Crippen molar-refractivity contribution in [3.63, 3.8) is 0 Å². The highest BCUT2D eigenvalue weighted by atomic mass is 19.4. The lowest BCUT2D eigenvalue weighted by Gasteiger charge is -2.16. The molecule has 0 saturated heterocycles. The number of rotatable bonds is 3. The molecular weight excluding hydrogens is 313 g/mol. The highest BCUT2D eigenvalue weighted by Crippen LogP contribution is 2.34. The van der Waals surface area contributed by atoms with Crippen molar-refractivity contribution in [1.82, 2.24) is 9.55 Å². The number of benzene rings is 2. The van der Waals surface area contributed by atoms with E-state index >= 15 is 0 Å². The largest absolute Gasteiger partial charge is 0.416 e. The molecule has 1 unspecified atom stereocenters. The molecule has 0 saturated carbocycles. The summed E-state index contributed by atoms with van der Waals surface area (Å²) in [6, 6.07) is 11.8. The Balaban J connectivity index is 2.27. The third kappa shape index (κ3) is 2.90. The van der Waals surface area contributed by atoms with Crippen molar-refractivity contribution in [2.45, 2.75) is 39.4 Å². The maximum absolute atomic E-state index is 13.0. The number of nitrogens with zero attached hydrogens (tertiary/aromatic N) is 2. The Bertz CT molecular complexity index is 878. The summed E-state index contributed by atoms with van der Waals surface area (Å²) in [4.78, 5) is 4.53. The molecule has 1 atom stereocenters. The van der Waals surface area contributed by atoms with Gasteiger partial charge in [0.15, 0.2) is 0 Å². The molecule has 0 aliphatic heterocycles. The number of aryl methyl sites for hydroxylation is 1. The van der Waals surface area contributed by atoms with Gasteiger partial charge in [-0.2, -0.15) is 13.2 Å². The second-order valence-electron chi connectivity index (χ2n) is 6.13. The number of fused-ring (bicyclic) bond motifs is 1. The van der Waals surface area contributed by atoms with Gasteiger partial charge in [-0.1, -0.05) is 30.7 Å². The summed E-state index contributed by atoms with van der Waals surface area (Å²) < 4.78 is 41.0. The molecule has 5 heteroatoms. The Hall–Kier alpha value is -2.30. The molecule has 0 bridgehead atoms. The van der Waals surface area contributed by atoms with E-state index in [1.165, 1.54) is 6.07 Å². The van der Waals surface area contributed by atoms with E-state index in [0.717, 1.165) is 35.2 Å². The van der Waals surface area contributed by atoms with E-state index < -0.39 is 11.7 Å². The molecule has 0 amide bonds. The molecule has 1 heterocycles. The van der Waals surface area contributed by atoms with Gasteiger partial charge in [-0.25, -0.2) is 4.98 Å². The van der Waals surface area contributed by atoms with Crippen LogP contribution in [0.15, 0.2) is 42.5 Å². The molecule has 0 radical (unpaired) electrons. The second kappa shape index (κ2) is 5.96. The van der Waals surface area contributed by atoms with Crippen LogP contribution in [0.5, 0.6) is 0 Å². The Kier molecular flexibility index (Phi) is 4.11. The van der Waals surface area contributed by atoms with Crippen molar-refractivity contribution in [3.05, 3.63) is 53.6 Å². The van der Waals surface area contributed by atoms with Gasteiger partial charge in [0.2, 0.25) is 0 Å². The summed E-state index contributed by atoms with van der Waals surface area (Å²) >= 11 is 0. The minimum atomic E-state index is -4.36. The van der Waals surface area contributed by atoms with Gasteiger partial charge in [0, 0.05) is 11.6 Å². The van der Waals surface area contributed by atoms with Gasteiger partial charge < -0.3 is 4.57 Å². The predicted molar refractivity (Wildman–Crippen MR) is 89.9 cm³/mol. The van der Waals surface area contributed by atoms with E-state index in [4.69, 9.17) is 0 Å². The fourth-order valence-electron chi connectivity index (χ4n) is 2.89. The smallest absolute Gasteiger partial charge is 0.321 e. The molecule has 126 valence electrons. The van der Waals surface area contributed by atoms with Crippen LogP contribution in [0.2, 0.25) is 0 Å². The van der Waals surface area contributed by atoms with Crippen molar-refractivity contribution in [2.75, 3.05) is 0 Å². The van der Waals surface area contributed by atoms with Gasteiger partial charge in [-0.05, 0) is 44.5 Å². The molecule has 2 aromatic carbocycles. The lowest BCUT2D eigenvalue weighted by molar-refractivity contribution is -0.137. The second-order valence-corrected chi connectivity index (χ2v) is 6.13. The standard InChI is InChI=1S/C19H19F3N2/c1-4-13(3)24-17-9-8-15(19(20,21)22)11-16(17)23-18(24)14-7-5-6-12(2)10-14/h5-11,13H,4H2,1-3H3. The normalized spacial score (nSPS) is 13.4. The van der Waals surface area contributed by atoms with Gasteiger partial charge in [-0.3, -0.25) is 0 Å². The van der Waals surface area contributed by atoms with Gasteiger partial charge in [-0.15, -0.1) is 0 Å².